The van der Waals surface area contributed by atoms with Crippen molar-refractivity contribution in [2.45, 2.75) is 391 Å². The molecule has 1 saturated heterocycles. The summed E-state index contributed by atoms with van der Waals surface area (Å²) in [7, 11) is 0. The lowest BCUT2D eigenvalue weighted by atomic mass is 9.99. The lowest BCUT2D eigenvalue weighted by Gasteiger charge is -2.40. The highest BCUT2D eigenvalue weighted by molar-refractivity contribution is 5.76. The number of unbranched alkanes of at least 4 members (excludes halogenated alkanes) is 44. The molecule has 1 rings (SSSR count). The number of carbonyl (C=O) groups is 2. The van der Waals surface area contributed by atoms with E-state index in [9.17, 15) is 35.1 Å². The van der Waals surface area contributed by atoms with Crippen molar-refractivity contribution in [2.24, 2.45) is 0 Å². The summed E-state index contributed by atoms with van der Waals surface area (Å²) in [6, 6.07) is -0.833. The summed E-state index contributed by atoms with van der Waals surface area (Å²) >= 11 is 0. The van der Waals surface area contributed by atoms with Gasteiger partial charge < -0.3 is 45.1 Å². The van der Waals surface area contributed by atoms with E-state index >= 15 is 0 Å². The number of hydrogen-bond acceptors (Lipinski definition) is 10. The number of carbonyl (C=O) groups excluding carboxylic acids is 2. The highest BCUT2D eigenvalue weighted by Gasteiger charge is 2.44. The first kappa shape index (κ1) is 80.6. The van der Waals surface area contributed by atoms with Crippen molar-refractivity contribution in [2.75, 3.05) is 19.8 Å². The van der Waals surface area contributed by atoms with Gasteiger partial charge in [-0.3, -0.25) is 9.59 Å². The van der Waals surface area contributed by atoms with Gasteiger partial charge in [-0.15, -0.1) is 0 Å². The van der Waals surface area contributed by atoms with Gasteiger partial charge in [-0.25, -0.2) is 0 Å². The maximum Gasteiger partial charge on any atom is 0.305 e. The van der Waals surface area contributed by atoms with Crippen LogP contribution >= 0.6 is 0 Å². The molecule has 0 spiro atoms. The summed E-state index contributed by atoms with van der Waals surface area (Å²) in [5, 5.41) is 54.5. The molecule has 6 N–H and O–H groups in total. The molecule has 11 heteroatoms. The molecular formula is C74H137NO10. The number of amides is 1. The van der Waals surface area contributed by atoms with E-state index in [2.05, 4.69) is 55.6 Å². The predicted octanol–water partition coefficient (Wildman–Crippen LogP) is 18.7. The topological polar surface area (TPSA) is 175 Å². The van der Waals surface area contributed by atoms with Crippen LogP contribution in [0.1, 0.15) is 348 Å². The van der Waals surface area contributed by atoms with Crippen LogP contribution in [0.3, 0.4) is 0 Å². The molecule has 1 aliphatic rings. The van der Waals surface area contributed by atoms with Crippen LogP contribution in [0.15, 0.2) is 48.6 Å². The van der Waals surface area contributed by atoms with E-state index in [0.717, 1.165) is 64.2 Å². The standard InChI is InChI=1S/C74H137NO10/c1-3-5-7-9-11-13-15-37-41-44-48-52-56-60-67(77)66(65-84-74-73(82)72(81)71(80)68(64-76)85-74)75-69(78)61-57-53-49-45-42-38-35-33-31-29-27-25-23-21-19-17-16-18-20-22-24-26-28-30-32-34-36-39-43-47-51-55-59-63-83-70(79)62-58-54-50-46-40-14-12-10-8-6-4-2/h11,13,20,22,41,44,56,60,66-68,71-74,76-77,80-82H,3-10,12,14-19,21,23-40,42-43,45-55,57-59,61-65H2,1-2H3,(H,75,78)/b13-11+,22-20-,44-41+,60-56+. The van der Waals surface area contributed by atoms with E-state index in [-0.39, 0.29) is 18.5 Å². The van der Waals surface area contributed by atoms with Crippen LogP contribution in [0, 0.1) is 0 Å². The number of hydrogen-bond donors (Lipinski definition) is 6. The molecule has 0 aromatic heterocycles. The van der Waals surface area contributed by atoms with E-state index in [1.54, 1.807) is 6.08 Å². The van der Waals surface area contributed by atoms with Crippen LogP contribution in [0.5, 0.6) is 0 Å². The predicted molar refractivity (Wildman–Crippen MR) is 357 cm³/mol. The van der Waals surface area contributed by atoms with Crippen molar-refractivity contribution in [1.82, 2.24) is 5.32 Å². The summed E-state index contributed by atoms with van der Waals surface area (Å²) in [4.78, 5) is 25.1. The number of nitrogens with one attached hydrogen (secondary N) is 1. The van der Waals surface area contributed by atoms with Gasteiger partial charge in [0.15, 0.2) is 6.29 Å². The quantitative estimate of drug-likeness (QED) is 0.0195. The van der Waals surface area contributed by atoms with Crippen molar-refractivity contribution < 1.29 is 49.3 Å². The Morgan fingerprint density at radius 3 is 1.19 bits per heavy atom. The van der Waals surface area contributed by atoms with Gasteiger partial charge in [0.25, 0.3) is 0 Å². The Kier molecular flexibility index (Phi) is 60.0. The number of allylic oxidation sites excluding steroid dienone is 7. The van der Waals surface area contributed by atoms with Crippen LogP contribution in [-0.4, -0.2) is 100 Å². The van der Waals surface area contributed by atoms with Gasteiger partial charge in [-0.05, 0) is 83.5 Å². The van der Waals surface area contributed by atoms with Crippen LogP contribution in [-0.2, 0) is 23.8 Å². The van der Waals surface area contributed by atoms with Crippen LogP contribution < -0.4 is 5.32 Å². The minimum Gasteiger partial charge on any atom is -0.466 e. The third kappa shape index (κ3) is 52.1. The van der Waals surface area contributed by atoms with Crippen molar-refractivity contribution in [3.63, 3.8) is 0 Å². The molecule has 1 heterocycles. The molecule has 85 heavy (non-hydrogen) atoms. The first-order valence-corrected chi connectivity index (χ1v) is 36.4. The Morgan fingerprint density at radius 2 is 0.765 bits per heavy atom. The van der Waals surface area contributed by atoms with Gasteiger partial charge in [-0.2, -0.15) is 0 Å². The molecule has 0 bridgehead atoms. The third-order valence-corrected chi connectivity index (χ3v) is 17.1. The number of aliphatic hydroxyl groups excluding tert-OH is 5. The molecular weight excluding hydrogens is 1060 g/mol. The monoisotopic (exact) mass is 1200 g/mol. The van der Waals surface area contributed by atoms with E-state index < -0.39 is 49.5 Å². The summed E-state index contributed by atoms with van der Waals surface area (Å²) < 4.78 is 16.7. The van der Waals surface area contributed by atoms with E-state index in [1.807, 2.05) is 6.08 Å². The molecule has 0 aromatic carbocycles. The maximum absolute atomic E-state index is 13.1. The molecule has 7 atom stereocenters. The average molecular weight is 1200 g/mol. The summed E-state index contributed by atoms with van der Waals surface area (Å²) in [6.45, 7) is 4.32. The van der Waals surface area contributed by atoms with Gasteiger partial charge in [-0.1, -0.05) is 300 Å². The molecule has 1 fully saturated rings. The number of rotatable bonds is 64. The van der Waals surface area contributed by atoms with Gasteiger partial charge in [0.2, 0.25) is 5.91 Å². The Balaban J connectivity index is 1.96. The molecule has 11 nitrogen and oxygen atoms in total. The molecule has 498 valence electrons. The maximum atomic E-state index is 13.1. The highest BCUT2D eigenvalue weighted by Crippen LogP contribution is 2.23. The Labute approximate surface area is 523 Å². The van der Waals surface area contributed by atoms with Gasteiger partial charge in [0, 0.05) is 12.8 Å². The first-order chi connectivity index (χ1) is 41.7. The molecule has 0 aliphatic carbocycles. The highest BCUT2D eigenvalue weighted by atomic mass is 16.7. The van der Waals surface area contributed by atoms with Gasteiger partial charge in [0.1, 0.15) is 24.4 Å². The lowest BCUT2D eigenvalue weighted by Crippen LogP contribution is -2.60. The lowest BCUT2D eigenvalue weighted by molar-refractivity contribution is -0.302. The fourth-order valence-electron chi connectivity index (χ4n) is 11.4. The van der Waals surface area contributed by atoms with Crippen molar-refractivity contribution in [3.8, 4) is 0 Å². The van der Waals surface area contributed by atoms with Gasteiger partial charge >= 0.3 is 5.97 Å². The summed E-state index contributed by atoms with van der Waals surface area (Å²) in [5.41, 5.74) is 0. The number of aliphatic hydroxyl groups is 5. The van der Waals surface area contributed by atoms with E-state index in [4.69, 9.17) is 14.2 Å². The molecule has 0 aromatic rings. The summed E-state index contributed by atoms with van der Waals surface area (Å²) in [6.07, 6.45) is 72.6. The zero-order valence-corrected chi connectivity index (χ0v) is 55.3. The Hall–Kier alpha value is -2.38. The second-order valence-corrected chi connectivity index (χ2v) is 25.3. The third-order valence-electron chi connectivity index (χ3n) is 17.1. The number of esters is 1. The van der Waals surface area contributed by atoms with Crippen molar-refractivity contribution >= 4 is 11.9 Å². The minimum absolute atomic E-state index is 0.0109. The van der Waals surface area contributed by atoms with Crippen molar-refractivity contribution in [1.29, 1.82) is 0 Å². The molecule has 0 radical (unpaired) electrons. The second-order valence-electron chi connectivity index (χ2n) is 25.3. The fourth-order valence-corrected chi connectivity index (χ4v) is 11.4. The smallest absolute Gasteiger partial charge is 0.305 e. The molecule has 7 unspecified atom stereocenters. The van der Waals surface area contributed by atoms with E-state index in [1.165, 1.54) is 257 Å². The first-order valence-electron chi connectivity index (χ1n) is 36.4. The van der Waals surface area contributed by atoms with Crippen LogP contribution in [0.2, 0.25) is 0 Å². The van der Waals surface area contributed by atoms with E-state index in [0.29, 0.717) is 19.4 Å². The Bertz CT molecular complexity index is 1550. The largest absolute Gasteiger partial charge is 0.466 e. The zero-order valence-electron chi connectivity index (χ0n) is 55.3. The van der Waals surface area contributed by atoms with Gasteiger partial charge in [0.05, 0.1) is 32.0 Å². The minimum atomic E-state index is -1.58. The van der Waals surface area contributed by atoms with Crippen molar-refractivity contribution in [3.05, 3.63) is 48.6 Å². The molecule has 1 amide bonds. The zero-order chi connectivity index (χ0) is 61.6. The average Bonchev–Trinajstić information content (AvgIpc) is 3.41. The molecule has 0 saturated carbocycles. The number of ether oxygens (including phenoxy) is 3. The normalized spacial score (nSPS) is 18.2. The van der Waals surface area contributed by atoms with Crippen LogP contribution in [0.25, 0.3) is 0 Å². The molecule has 1 aliphatic heterocycles. The van der Waals surface area contributed by atoms with Crippen LogP contribution in [0.4, 0.5) is 0 Å². The second kappa shape index (κ2) is 63.2. The fraction of sp³-hybridized carbons (Fsp3) is 0.865. The summed E-state index contributed by atoms with van der Waals surface area (Å²) in [5.74, 6) is -0.182. The Morgan fingerprint density at radius 1 is 0.424 bits per heavy atom. The SMILES string of the molecule is CCCCC/C=C/CC/C=C/CC/C=C/C(O)C(COC1OC(CO)C(O)C(O)C1O)NC(=O)CCCCCCCCCCCCCCCCCCC/C=C\CCCCCCCCCCCCCCOC(=O)CCCCCCCCCCCCC.